The van der Waals surface area contributed by atoms with Gasteiger partial charge in [0.05, 0.1) is 6.21 Å². The number of para-hydroxylation sites is 1. The zero-order chi connectivity index (χ0) is 18.0. The van der Waals surface area contributed by atoms with E-state index in [4.69, 9.17) is 0 Å². The van der Waals surface area contributed by atoms with Crippen molar-refractivity contribution in [1.82, 2.24) is 20.2 Å². The molecule has 25 heavy (non-hydrogen) atoms. The molecule has 2 N–H and O–H groups in total. The van der Waals surface area contributed by atoms with Crippen LogP contribution in [0.1, 0.15) is 17.0 Å². The van der Waals surface area contributed by atoms with Crippen LogP contribution in [0.4, 0.5) is 13.2 Å². The largest absolute Gasteiger partial charge is 0.435 e. The molecular weight excluding hydrogens is 335 g/mol. The Morgan fingerprint density at radius 2 is 2.12 bits per heavy atom. The molecule has 130 valence electrons. The van der Waals surface area contributed by atoms with Crippen LogP contribution in [0.15, 0.2) is 41.6 Å². The highest BCUT2D eigenvalue weighted by atomic mass is 19.4. The molecule has 0 atom stereocenters. The fourth-order valence-electron chi connectivity index (χ4n) is 2.42. The summed E-state index contributed by atoms with van der Waals surface area (Å²) in [6.45, 7) is 1.52. The monoisotopic (exact) mass is 349 g/mol. The highest BCUT2D eigenvalue weighted by Gasteiger charge is 2.33. The van der Waals surface area contributed by atoms with Gasteiger partial charge in [-0.2, -0.15) is 23.4 Å². The van der Waals surface area contributed by atoms with Crippen LogP contribution in [-0.2, 0) is 17.5 Å². The summed E-state index contributed by atoms with van der Waals surface area (Å²) in [6.07, 6.45) is -1.95. The number of hydrazone groups is 1. The Kier molecular flexibility index (Phi) is 4.30. The predicted molar refractivity (Wildman–Crippen MR) is 86.0 cm³/mol. The first kappa shape index (κ1) is 16.7. The molecule has 2 heterocycles. The van der Waals surface area contributed by atoms with Crippen molar-refractivity contribution < 1.29 is 18.0 Å². The van der Waals surface area contributed by atoms with E-state index in [1.807, 2.05) is 31.2 Å². The number of hydrogen-bond acceptors (Lipinski definition) is 3. The van der Waals surface area contributed by atoms with E-state index in [9.17, 15) is 18.0 Å². The molecule has 0 fully saturated rings. The van der Waals surface area contributed by atoms with Crippen molar-refractivity contribution in [1.29, 1.82) is 0 Å². The third-order valence-corrected chi connectivity index (χ3v) is 3.56. The summed E-state index contributed by atoms with van der Waals surface area (Å²) in [5.74, 6) is -0.578. The summed E-state index contributed by atoms with van der Waals surface area (Å²) < 4.78 is 38.3. The van der Waals surface area contributed by atoms with Crippen LogP contribution in [0.2, 0.25) is 0 Å². The average molecular weight is 349 g/mol. The third-order valence-electron chi connectivity index (χ3n) is 3.56. The van der Waals surface area contributed by atoms with Gasteiger partial charge in [-0.3, -0.25) is 9.48 Å². The number of fused-ring (bicyclic) bond motifs is 1. The van der Waals surface area contributed by atoms with Crippen LogP contribution >= 0.6 is 0 Å². The fourth-order valence-corrected chi connectivity index (χ4v) is 2.42. The summed E-state index contributed by atoms with van der Waals surface area (Å²) in [6, 6.07) is 8.45. The van der Waals surface area contributed by atoms with E-state index in [-0.39, 0.29) is 6.54 Å². The molecule has 0 aliphatic carbocycles. The van der Waals surface area contributed by atoms with Crippen LogP contribution in [-0.4, -0.2) is 26.9 Å². The highest BCUT2D eigenvalue weighted by molar-refractivity contribution is 6.00. The maximum absolute atomic E-state index is 12.5. The number of aryl methyl sites for hydroxylation is 1. The van der Waals surface area contributed by atoms with Crippen LogP contribution in [0.5, 0.6) is 0 Å². The summed E-state index contributed by atoms with van der Waals surface area (Å²) >= 11 is 0. The Labute approximate surface area is 140 Å². The first-order valence-corrected chi connectivity index (χ1v) is 7.34. The molecule has 0 radical (unpaired) electrons. The Balaban J connectivity index is 1.65. The van der Waals surface area contributed by atoms with Gasteiger partial charge in [-0.15, -0.1) is 0 Å². The third kappa shape index (κ3) is 3.70. The fraction of sp³-hybridized carbons (Fsp3) is 0.188. The van der Waals surface area contributed by atoms with Crippen molar-refractivity contribution in [3.05, 3.63) is 53.5 Å². The number of amides is 1. The number of alkyl halides is 3. The van der Waals surface area contributed by atoms with Gasteiger partial charge in [-0.1, -0.05) is 18.2 Å². The predicted octanol–water partition coefficient (Wildman–Crippen LogP) is 2.84. The van der Waals surface area contributed by atoms with E-state index < -0.39 is 17.8 Å². The van der Waals surface area contributed by atoms with Gasteiger partial charge in [0.25, 0.3) is 5.91 Å². The molecular formula is C16H14F3N5O. The first-order valence-electron chi connectivity index (χ1n) is 7.34. The molecule has 1 aromatic carbocycles. The lowest BCUT2D eigenvalue weighted by Crippen LogP contribution is -2.23. The zero-order valence-electron chi connectivity index (χ0n) is 13.1. The Bertz CT molecular complexity index is 939. The quantitative estimate of drug-likeness (QED) is 0.561. The zero-order valence-corrected chi connectivity index (χ0v) is 13.1. The lowest BCUT2D eigenvalue weighted by molar-refractivity contribution is -0.141. The van der Waals surface area contributed by atoms with Crippen molar-refractivity contribution in [2.24, 2.45) is 5.10 Å². The minimum absolute atomic E-state index is 0.361. The first-order chi connectivity index (χ1) is 11.8. The lowest BCUT2D eigenvalue weighted by Gasteiger charge is -2.02. The number of nitrogens with one attached hydrogen (secondary N) is 2. The van der Waals surface area contributed by atoms with Crippen molar-refractivity contribution in [2.75, 3.05) is 0 Å². The van der Waals surface area contributed by atoms with Crippen LogP contribution in [0.3, 0.4) is 0 Å². The van der Waals surface area contributed by atoms with Crippen molar-refractivity contribution in [3.8, 4) is 0 Å². The number of aromatic nitrogens is 3. The average Bonchev–Trinajstić information content (AvgIpc) is 3.12. The Morgan fingerprint density at radius 1 is 1.36 bits per heavy atom. The van der Waals surface area contributed by atoms with Crippen LogP contribution in [0.25, 0.3) is 10.9 Å². The molecule has 0 saturated carbocycles. The maximum atomic E-state index is 12.5. The van der Waals surface area contributed by atoms with Gasteiger partial charge in [0.1, 0.15) is 6.54 Å². The van der Waals surface area contributed by atoms with E-state index in [0.717, 1.165) is 39.1 Å². The molecule has 6 nitrogen and oxygen atoms in total. The van der Waals surface area contributed by atoms with Gasteiger partial charge >= 0.3 is 6.18 Å². The van der Waals surface area contributed by atoms with E-state index in [0.29, 0.717) is 0 Å². The number of H-pyrrole nitrogens is 1. The second-order valence-corrected chi connectivity index (χ2v) is 5.40. The molecule has 0 bridgehead atoms. The number of nitrogens with zero attached hydrogens (tertiary/aromatic N) is 3. The number of hydrogen-bond donors (Lipinski definition) is 2. The van der Waals surface area contributed by atoms with Crippen molar-refractivity contribution >= 4 is 23.0 Å². The van der Waals surface area contributed by atoms with E-state index in [1.165, 1.54) is 6.21 Å². The Hall–Kier alpha value is -3.10. The van der Waals surface area contributed by atoms with Gasteiger partial charge in [-0.05, 0) is 19.1 Å². The summed E-state index contributed by atoms with van der Waals surface area (Å²) in [7, 11) is 0. The number of aromatic amines is 1. The molecule has 0 spiro atoms. The molecule has 3 aromatic rings. The molecule has 0 aliphatic heterocycles. The maximum Gasteiger partial charge on any atom is 0.435 e. The molecule has 0 unspecified atom stereocenters. The van der Waals surface area contributed by atoms with Gasteiger partial charge in [0.15, 0.2) is 5.69 Å². The van der Waals surface area contributed by atoms with Gasteiger partial charge < -0.3 is 4.98 Å². The van der Waals surface area contributed by atoms with E-state index >= 15 is 0 Å². The number of benzene rings is 1. The number of rotatable bonds is 4. The minimum atomic E-state index is -4.53. The van der Waals surface area contributed by atoms with E-state index in [2.05, 4.69) is 20.6 Å². The second-order valence-electron chi connectivity index (χ2n) is 5.40. The second kappa shape index (κ2) is 6.42. The van der Waals surface area contributed by atoms with E-state index in [1.54, 1.807) is 0 Å². The summed E-state index contributed by atoms with van der Waals surface area (Å²) in [5.41, 5.74) is 3.91. The summed E-state index contributed by atoms with van der Waals surface area (Å²) in [4.78, 5) is 15.0. The van der Waals surface area contributed by atoms with Gasteiger partial charge in [-0.25, -0.2) is 5.43 Å². The SMILES string of the molecule is Cc1[nH]c2ccccc2c1/C=N/NC(=O)Cn1ccc(C(F)(F)F)n1. The van der Waals surface area contributed by atoms with Crippen molar-refractivity contribution in [3.63, 3.8) is 0 Å². The van der Waals surface area contributed by atoms with Crippen molar-refractivity contribution in [2.45, 2.75) is 19.6 Å². The lowest BCUT2D eigenvalue weighted by atomic mass is 10.1. The van der Waals surface area contributed by atoms with Gasteiger partial charge in [0, 0.05) is 28.4 Å². The van der Waals surface area contributed by atoms with Crippen LogP contribution < -0.4 is 5.43 Å². The van der Waals surface area contributed by atoms with Gasteiger partial charge in [0.2, 0.25) is 0 Å². The molecule has 3 rings (SSSR count). The number of carbonyl (C=O) groups is 1. The molecule has 9 heteroatoms. The highest BCUT2D eigenvalue weighted by Crippen LogP contribution is 2.27. The Morgan fingerprint density at radius 3 is 2.84 bits per heavy atom. The minimum Gasteiger partial charge on any atom is -0.358 e. The topological polar surface area (TPSA) is 75.1 Å². The standard InChI is InChI=1S/C16H14F3N5O/c1-10-12(11-4-2-3-5-13(11)21-10)8-20-22-15(25)9-24-7-6-14(23-24)16(17,18)19/h2-8,21H,9H2,1H3,(H,22,25)/b20-8+. The molecule has 2 aromatic heterocycles. The van der Waals surface area contributed by atoms with Crippen LogP contribution in [0, 0.1) is 6.92 Å². The smallest absolute Gasteiger partial charge is 0.358 e. The molecule has 0 aliphatic rings. The molecule has 1 amide bonds. The number of carbonyl (C=O) groups excluding carboxylic acids is 1. The number of halogens is 3. The molecule has 0 saturated heterocycles. The summed E-state index contributed by atoms with van der Waals surface area (Å²) in [5, 5.41) is 8.14. The normalized spacial score (nSPS) is 12.2.